The maximum atomic E-state index is 12.1. The maximum Gasteiger partial charge on any atom is 0.421 e. The van der Waals surface area contributed by atoms with Crippen molar-refractivity contribution in [2.75, 3.05) is 33.9 Å². The first-order chi connectivity index (χ1) is 9.89. The van der Waals surface area contributed by atoms with Crippen LogP contribution in [0.1, 0.15) is 19.3 Å². The van der Waals surface area contributed by atoms with Crippen molar-refractivity contribution in [3.05, 3.63) is 0 Å². The van der Waals surface area contributed by atoms with E-state index in [0.29, 0.717) is 6.61 Å². The number of carbonyl (C=O) groups is 2. The van der Waals surface area contributed by atoms with Gasteiger partial charge in [-0.05, 0) is 12.8 Å². The number of nitrogens with one attached hydrogen (secondary N) is 1. The average Bonchev–Trinajstić information content (AvgIpc) is 2.95. The van der Waals surface area contributed by atoms with Crippen LogP contribution < -0.4 is 4.72 Å². The molecule has 1 heterocycles. The molecule has 0 spiro atoms. The summed E-state index contributed by atoms with van der Waals surface area (Å²) in [6.07, 6.45) is 0.107. The van der Waals surface area contributed by atoms with Crippen LogP contribution in [0.15, 0.2) is 0 Å². The quantitative estimate of drug-likeness (QED) is 0.636. The lowest BCUT2D eigenvalue weighted by Crippen LogP contribution is -2.47. The third-order valence-corrected chi connectivity index (χ3v) is 4.40. The molecule has 0 saturated carbocycles. The van der Waals surface area contributed by atoms with Crippen molar-refractivity contribution in [1.82, 2.24) is 9.03 Å². The van der Waals surface area contributed by atoms with Gasteiger partial charge in [-0.15, -0.1) is 0 Å². The lowest BCUT2D eigenvalue weighted by molar-refractivity contribution is -0.140. The molecule has 1 saturated heterocycles. The monoisotopic (exact) mass is 324 g/mol. The number of esters is 1. The number of hydrogen-bond donors (Lipinski definition) is 1. The van der Waals surface area contributed by atoms with E-state index in [-0.39, 0.29) is 25.6 Å². The molecule has 0 aromatic carbocycles. The zero-order valence-electron chi connectivity index (χ0n) is 12.0. The van der Waals surface area contributed by atoms with Gasteiger partial charge in [-0.2, -0.15) is 12.7 Å². The van der Waals surface area contributed by atoms with Gasteiger partial charge in [-0.25, -0.2) is 9.52 Å². The van der Waals surface area contributed by atoms with Crippen LogP contribution in [0.25, 0.3) is 0 Å². The second kappa shape index (κ2) is 8.15. The molecular formula is C11H20N2O7S. The van der Waals surface area contributed by atoms with Gasteiger partial charge in [0.25, 0.3) is 0 Å². The number of nitrogens with zero attached hydrogens (tertiary/aromatic N) is 1. The van der Waals surface area contributed by atoms with Gasteiger partial charge in [0.1, 0.15) is 0 Å². The molecule has 1 fully saturated rings. The summed E-state index contributed by atoms with van der Waals surface area (Å²) in [7, 11) is -1.83. The molecule has 0 aliphatic carbocycles. The lowest BCUT2D eigenvalue weighted by atomic mass is 10.2. The smallest absolute Gasteiger partial charge is 0.421 e. The molecular weight excluding hydrogens is 304 g/mol. The third kappa shape index (κ3) is 5.86. The van der Waals surface area contributed by atoms with E-state index in [2.05, 4.69) is 9.47 Å². The van der Waals surface area contributed by atoms with Crippen molar-refractivity contribution >= 4 is 22.3 Å². The second-order valence-corrected chi connectivity index (χ2v) is 6.09. The Labute approximate surface area is 123 Å². The van der Waals surface area contributed by atoms with Gasteiger partial charge >= 0.3 is 22.3 Å². The molecule has 10 heteroatoms. The van der Waals surface area contributed by atoms with E-state index < -0.39 is 22.3 Å². The first-order valence-electron chi connectivity index (χ1n) is 6.43. The largest absolute Gasteiger partial charge is 0.469 e. The Morgan fingerprint density at radius 2 is 2.05 bits per heavy atom. The molecule has 1 N–H and O–H groups in total. The number of methoxy groups -OCH3 is 2. The Morgan fingerprint density at radius 1 is 1.33 bits per heavy atom. The first kappa shape index (κ1) is 17.7. The van der Waals surface area contributed by atoms with E-state index in [0.717, 1.165) is 24.3 Å². The van der Waals surface area contributed by atoms with E-state index >= 15 is 0 Å². The van der Waals surface area contributed by atoms with E-state index in [1.807, 2.05) is 0 Å². The molecule has 0 aromatic heterocycles. The molecule has 122 valence electrons. The Kier molecular flexibility index (Phi) is 6.85. The second-order valence-electron chi connectivity index (χ2n) is 4.42. The zero-order chi connectivity index (χ0) is 15.9. The van der Waals surface area contributed by atoms with Crippen molar-refractivity contribution in [2.24, 2.45) is 0 Å². The molecule has 1 aliphatic rings. The third-order valence-electron chi connectivity index (χ3n) is 2.96. The highest BCUT2D eigenvalue weighted by molar-refractivity contribution is 7.87. The minimum atomic E-state index is -4.10. The van der Waals surface area contributed by atoms with Crippen LogP contribution in [0.5, 0.6) is 0 Å². The fourth-order valence-corrected chi connectivity index (χ4v) is 2.97. The fraction of sp³-hybridized carbons (Fsp3) is 0.818. The summed E-state index contributed by atoms with van der Waals surface area (Å²) in [5.41, 5.74) is 0. The summed E-state index contributed by atoms with van der Waals surface area (Å²) in [5, 5.41) is 0. The summed E-state index contributed by atoms with van der Waals surface area (Å²) in [4.78, 5) is 22.3. The van der Waals surface area contributed by atoms with E-state index in [9.17, 15) is 18.0 Å². The lowest BCUT2D eigenvalue weighted by Gasteiger charge is -2.24. The Bertz CT molecular complexity index is 459. The maximum absolute atomic E-state index is 12.1. The van der Waals surface area contributed by atoms with Gasteiger partial charge in [0.15, 0.2) is 0 Å². The van der Waals surface area contributed by atoms with E-state index in [4.69, 9.17) is 4.74 Å². The topological polar surface area (TPSA) is 111 Å². The molecule has 1 unspecified atom stereocenters. The summed E-state index contributed by atoms with van der Waals surface area (Å²) < 4.78 is 41.1. The molecule has 1 rings (SSSR count). The standard InChI is InChI=1S/C11H20N2O7S/c1-18-10(14)5-6-13(8-9-4-3-7-20-9)21(16,17)12-11(15)19-2/h9H,3-8H2,1-2H3,(H,12,15). The van der Waals surface area contributed by atoms with Crippen LogP contribution in [-0.4, -0.2) is 64.8 Å². The molecule has 9 nitrogen and oxygen atoms in total. The van der Waals surface area contributed by atoms with Gasteiger partial charge in [0, 0.05) is 19.7 Å². The summed E-state index contributed by atoms with van der Waals surface area (Å²) >= 11 is 0. The molecule has 1 atom stereocenters. The molecule has 0 aromatic rings. The average molecular weight is 324 g/mol. The first-order valence-corrected chi connectivity index (χ1v) is 7.87. The minimum absolute atomic E-state index is 0.0589. The van der Waals surface area contributed by atoms with Gasteiger partial charge in [-0.3, -0.25) is 4.79 Å². The Balaban J connectivity index is 2.73. The zero-order valence-corrected chi connectivity index (χ0v) is 12.8. The number of carbonyl (C=O) groups excluding carboxylic acids is 2. The molecule has 1 amide bonds. The van der Waals surface area contributed by atoms with E-state index in [1.54, 1.807) is 4.72 Å². The molecule has 21 heavy (non-hydrogen) atoms. The van der Waals surface area contributed by atoms with Gasteiger partial charge in [-0.1, -0.05) is 0 Å². The SMILES string of the molecule is COC(=O)CCN(CC1CCCO1)S(=O)(=O)NC(=O)OC. The van der Waals surface area contributed by atoms with Gasteiger partial charge < -0.3 is 14.2 Å². The molecule has 0 radical (unpaired) electrons. The molecule has 1 aliphatic heterocycles. The minimum Gasteiger partial charge on any atom is -0.469 e. The van der Waals surface area contributed by atoms with Crippen LogP contribution >= 0.6 is 0 Å². The van der Waals surface area contributed by atoms with Crippen LogP contribution in [0.4, 0.5) is 4.79 Å². The van der Waals surface area contributed by atoms with Crippen molar-refractivity contribution in [1.29, 1.82) is 0 Å². The van der Waals surface area contributed by atoms with Crippen LogP contribution in [0.2, 0.25) is 0 Å². The predicted octanol–water partition coefficient (Wildman–Crippen LogP) is -0.369. The summed E-state index contributed by atoms with van der Waals surface area (Å²) in [5.74, 6) is -0.541. The van der Waals surface area contributed by atoms with Gasteiger partial charge in [0.2, 0.25) is 0 Å². The highest BCUT2D eigenvalue weighted by Gasteiger charge is 2.29. The number of amides is 1. The number of hydrogen-bond acceptors (Lipinski definition) is 7. The Morgan fingerprint density at radius 3 is 2.57 bits per heavy atom. The normalized spacial score (nSPS) is 18.5. The number of rotatable bonds is 7. The summed E-state index contributed by atoms with van der Waals surface area (Å²) in [6, 6.07) is 0. The van der Waals surface area contributed by atoms with Crippen molar-refractivity contribution in [2.45, 2.75) is 25.4 Å². The Hall–Kier alpha value is -1.39. The van der Waals surface area contributed by atoms with Crippen LogP contribution in [0, 0.1) is 0 Å². The van der Waals surface area contributed by atoms with Gasteiger partial charge in [0.05, 0.1) is 26.7 Å². The van der Waals surface area contributed by atoms with Crippen LogP contribution in [-0.2, 0) is 29.2 Å². The van der Waals surface area contributed by atoms with Crippen LogP contribution in [0.3, 0.4) is 0 Å². The number of ether oxygens (including phenoxy) is 3. The van der Waals surface area contributed by atoms with Crippen molar-refractivity contribution < 1.29 is 32.2 Å². The van der Waals surface area contributed by atoms with Crippen molar-refractivity contribution in [3.63, 3.8) is 0 Å². The highest BCUT2D eigenvalue weighted by Crippen LogP contribution is 2.15. The molecule has 0 bridgehead atoms. The summed E-state index contributed by atoms with van der Waals surface area (Å²) in [6.45, 7) is 0.516. The van der Waals surface area contributed by atoms with E-state index in [1.165, 1.54) is 7.11 Å². The fourth-order valence-electron chi connectivity index (χ4n) is 1.85. The van der Waals surface area contributed by atoms with Crippen molar-refractivity contribution in [3.8, 4) is 0 Å². The predicted molar refractivity (Wildman–Crippen MR) is 71.6 cm³/mol. The highest BCUT2D eigenvalue weighted by atomic mass is 32.2.